The van der Waals surface area contributed by atoms with Gasteiger partial charge in [0.25, 0.3) is 0 Å². The highest BCUT2D eigenvalue weighted by molar-refractivity contribution is 9.10. The van der Waals surface area contributed by atoms with Crippen molar-refractivity contribution in [1.29, 1.82) is 0 Å². The Morgan fingerprint density at radius 1 is 1.00 bits per heavy atom. The minimum atomic E-state index is 0.247. The minimum absolute atomic E-state index is 0.247. The SMILES string of the molecule is COCOc1cc(-c2ccccc2)ccc1Br. The lowest BCUT2D eigenvalue weighted by Gasteiger charge is -2.09. The zero-order valence-corrected chi connectivity index (χ0v) is 11.1. The van der Waals surface area contributed by atoms with E-state index in [4.69, 9.17) is 9.47 Å². The maximum Gasteiger partial charge on any atom is 0.188 e. The Morgan fingerprint density at radius 2 is 1.76 bits per heavy atom. The minimum Gasteiger partial charge on any atom is -0.466 e. The summed E-state index contributed by atoms with van der Waals surface area (Å²) in [6.07, 6.45) is 0. The molecule has 0 heterocycles. The predicted octanol–water partition coefficient (Wildman–Crippen LogP) is 4.10. The summed E-state index contributed by atoms with van der Waals surface area (Å²) in [5.41, 5.74) is 2.29. The van der Waals surface area contributed by atoms with Gasteiger partial charge in [-0.05, 0) is 39.2 Å². The first-order chi connectivity index (χ1) is 8.31. The van der Waals surface area contributed by atoms with E-state index < -0.39 is 0 Å². The van der Waals surface area contributed by atoms with Gasteiger partial charge < -0.3 is 9.47 Å². The molecule has 0 saturated carbocycles. The lowest BCUT2D eigenvalue weighted by Crippen LogP contribution is -1.99. The maximum atomic E-state index is 5.48. The highest BCUT2D eigenvalue weighted by Crippen LogP contribution is 2.30. The van der Waals surface area contributed by atoms with Crippen LogP contribution in [0.15, 0.2) is 53.0 Å². The van der Waals surface area contributed by atoms with Crippen LogP contribution in [0.3, 0.4) is 0 Å². The Hall–Kier alpha value is -1.32. The molecule has 17 heavy (non-hydrogen) atoms. The molecule has 2 aromatic carbocycles. The standard InChI is InChI=1S/C14H13BrO2/c1-16-10-17-14-9-12(7-8-13(14)15)11-5-3-2-4-6-11/h2-9H,10H2,1H3. The van der Waals surface area contributed by atoms with Gasteiger partial charge in [-0.25, -0.2) is 0 Å². The van der Waals surface area contributed by atoms with E-state index in [-0.39, 0.29) is 6.79 Å². The average Bonchev–Trinajstić information content (AvgIpc) is 2.39. The van der Waals surface area contributed by atoms with E-state index in [9.17, 15) is 0 Å². The Bertz CT molecular complexity index is 483. The number of rotatable bonds is 4. The molecule has 0 aliphatic rings. The molecule has 0 amide bonds. The molecule has 0 aromatic heterocycles. The molecule has 3 heteroatoms. The Kier molecular flexibility index (Phi) is 4.18. The molecule has 2 aromatic rings. The van der Waals surface area contributed by atoms with Gasteiger partial charge in [-0.3, -0.25) is 0 Å². The van der Waals surface area contributed by atoms with Crippen molar-refractivity contribution in [3.63, 3.8) is 0 Å². The van der Waals surface area contributed by atoms with Crippen molar-refractivity contribution in [3.05, 3.63) is 53.0 Å². The first-order valence-electron chi connectivity index (χ1n) is 5.28. The van der Waals surface area contributed by atoms with Crippen molar-refractivity contribution in [1.82, 2.24) is 0 Å². The van der Waals surface area contributed by atoms with Crippen LogP contribution in [0.25, 0.3) is 11.1 Å². The van der Waals surface area contributed by atoms with Gasteiger partial charge in [0, 0.05) is 7.11 Å². The van der Waals surface area contributed by atoms with E-state index in [1.807, 2.05) is 30.3 Å². The van der Waals surface area contributed by atoms with Gasteiger partial charge in [0.05, 0.1) is 4.47 Å². The van der Waals surface area contributed by atoms with Crippen molar-refractivity contribution in [2.24, 2.45) is 0 Å². The van der Waals surface area contributed by atoms with Gasteiger partial charge in [0.1, 0.15) is 5.75 Å². The molecule has 0 bridgehead atoms. The number of benzene rings is 2. The van der Waals surface area contributed by atoms with Crippen LogP contribution in [0.1, 0.15) is 0 Å². The van der Waals surface area contributed by atoms with Gasteiger partial charge in [0.2, 0.25) is 0 Å². The van der Waals surface area contributed by atoms with Crippen molar-refractivity contribution in [2.75, 3.05) is 13.9 Å². The number of hydrogen-bond donors (Lipinski definition) is 0. The summed E-state index contributed by atoms with van der Waals surface area (Å²) in [5.74, 6) is 0.785. The second kappa shape index (κ2) is 5.84. The first-order valence-corrected chi connectivity index (χ1v) is 6.07. The van der Waals surface area contributed by atoms with Crippen molar-refractivity contribution >= 4 is 15.9 Å². The largest absolute Gasteiger partial charge is 0.466 e. The molecule has 0 spiro atoms. The molecule has 0 atom stereocenters. The lowest BCUT2D eigenvalue weighted by molar-refractivity contribution is 0.0506. The third-order valence-corrected chi connectivity index (χ3v) is 3.03. The van der Waals surface area contributed by atoms with Crippen LogP contribution in [0.4, 0.5) is 0 Å². The third-order valence-electron chi connectivity index (χ3n) is 2.37. The summed E-state index contributed by atoms with van der Waals surface area (Å²) in [6.45, 7) is 0.247. The number of hydrogen-bond acceptors (Lipinski definition) is 2. The van der Waals surface area contributed by atoms with Crippen LogP contribution in [-0.2, 0) is 4.74 Å². The zero-order valence-electron chi connectivity index (χ0n) is 9.52. The Morgan fingerprint density at radius 3 is 2.47 bits per heavy atom. The van der Waals surface area contributed by atoms with Crippen LogP contribution < -0.4 is 4.74 Å². The van der Waals surface area contributed by atoms with Crippen molar-refractivity contribution in [2.45, 2.75) is 0 Å². The summed E-state index contributed by atoms with van der Waals surface area (Å²) >= 11 is 3.45. The number of methoxy groups -OCH3 is 1. The van der Waals surface area contributed by atoms with Crippen LogP contribution >= 0.6 is 15.9 Å². The quantitative estimate of drug-likeness (QED) is 0.790. The molecular weight excluding hydrogens is 280 g/mol. The molecule has 0 aliphatic heterocycles. The molecular formula is C14H13BrO2. The highest BCUT2D eigenvalue weighted by atomic mass is 79.9. The fraction of sp³-hybridized carbons (Fsp3) is 0.143. The fourth-order valence-electron chi connectivity index (χ4n) is 1.55. The normalized spacial score (nSPS) is 10.2. The van der Waals surface area contributed by atoms with Crippen LogP contribution in [0.5, 0.6) is 5.75 Å². The van der Waals surface area contributed by atoms with Crippen LogP contribution in [-0.4, -0.2) is 13.9 Å². The molecule has 0 fully saturated rings. The van der Waals surface area contributed by atoms with Gasteiger partial charge in [-0.15, -0.1) is 0 Å². The van der Waals surface area contributed by atoms with Crippen molar-refractivity contribution < 1.29 is 9.47 Å². The highest BCUT2D eigenvalue weighted by Gasteiger charge is 2.04. The van der Waals surface area contributed by atoms with E-state index in [0.29, 0.717) is 0 Å². The second-order valence-corrected chi connectivity index (χ2v) is 4.42. The summed E-state index contributed by atoms with van der Waals surface area (Å²) in [6, 6.07) is 16.2. The van der Waals surface area contributed by atoms with Gasteiger partial charge in [0.15, 0.2) is 6.79 Å². The van der Waals surface area contributed by atoms with Crippen LogP contribution in [0, 0.1) is 0 Å². The molecule has 88 valence electrons. The average molecular weight is 293 g/mol. The number of halogens is 1. The van der Waals surface area contributed by atoms with Gasteiger partial charge >= 0.3 is 0 Å². The molecule has 0 radical (unpaired) electrons. The summed E-state index contributed by atoms with van der Waals surface area (Å²) in [7, 11) is 1.61. The monoisotopic (exact) mass is 292 g/mol. The summed E-state index contributed by atoms with van der Waals surface area (Å²) in [4.78, 5) is 0. The molecule has 0 aliphatic carbocycles. The second-order valence-electron chi connectivity index (χ2n) is 3.56. The first kappa shape index (κ1) is 12.1. The lowest BCUT2D eigenvalue weighted by atomic mass is 10.1. The van der Waals surface area contributed by atoms with E-state index >= 15 is 0 Å². The smallest absolute Gasteiger partial charge is 0.188 e. The Labute approximate surface area is 109 Å². The summed E-state index contributed by atoms with van der Waals surface area (Å²) < 4.78 is 11.3. The predicted molar refractivity (Wildman–Crippen MR) is 72.1 cm³/mol. The zero-order chi connectivity index (χ0) is 12.1. The fourth-order valence-corrected chi connectivity index (χ4v) is 1.91. The van der Waals surface area contributed by atoms with Crippen LogP contribution in [0.2, 0.25) is 0 Å². The van der Waals surface area contributed by atoms with E-state index in [0.717, 1.165) is 15.8 Å². The molecule has 0 N–H and O–H groups in total. The molecule has 2 rings (SSSR count). The number of ether oxygens (including phenoxy) is 2. The van der Waals surface area contributed by atoms with E-state index in [2.05, 4.69) is 34.1 Å². The third kappa shape index (κ3) is 3.08. The Balaban J connectivity index is 2.31. The molecule has 2 nitrogen and oxygen atoms in total. The molecule has 0 saturated heterocycles. The van der Waals surface area contributed by atoms with E-state index in [1.54, 1.807) is 7.11 Å². The van der Waals surface area contributed by atoms with Gasteiger partial charge in [-0.1, -0.05) is 36.4 Å². The van der Waals surface area contributed by atoms with Gasteiger partial charge in [-0.2, -0.15) is 0 Å². The maximum absolute atomic E-state index is 5.48. The van der Waals surface area contributed by atoms with E-state index in [1.165, 1.54) is 5.56 Å². The van der Waals surface area contributed by atoms with Crippen molar-refractivity contribution in [3.8, 4) is 16.9 Å². The molecule has 0 unspecified atom stereocenters. The topological polar surface area (TPSA) is 18.5 Å². The summed E-state index contributed by atoms with van der Waals surface area (Å²) in [5, 5.41) is 0.